The van der Waals surface area contributed by atoms with Gasteiger partial charge < -0.3 is 9.74 Å². The SMILES string of the molecule is C=CCC1NC(=O)C1C(CO[SiH](C)C)C(C)(C)C. The van der Waals surface area contributed by atoms with Crippen LogP contribution < -0.4 is 5.32 Å². The van der Waals surface area contributed by atoms with Crippen molar-refractivity contribution in [2.75, 3.05) is 6.61 Å². The fraction of sp³-hybridized carbons (Fsp3) is 0.786. The highest BCUT2D eigenvalue weighted by Crippen LogP contribution is 2.38. The minimum Gasteiger partial charge on any atom is -0.420 e. The molecule has 1 rings (SSSR count). The van der Waals surface area contributed by atoms with Crippen molar-refractivity contribution < 1.29 is 9.22 Å². The molecular weight excluding hydrogens is 242 g/mol. The molecule has 3 nitrogen and oxygen atoms in total. The Balaban J connectivity index is 2.75. The standard InChI is InChI=1S/C14H27NO2Si/c1-7-8-11-12(13(16)15-11)10(14(2,3)4)9-17-18(5)6/h7,10-12,18H,1,8-9H2,2-6H3,(H,15,16). The number of hydrogen-bond donors (Lipinski definition) is 1. The molecule has 18 heavy (non-hydrogen) atoms. The van der Waals surface area contributed by atoms with E-state index in [1.807, 2.05) is 6.08 Å². The Morgan fingerprint density at radius 2 is 2.11 bits per heavy atom. The molecule has 1 saturated heterocycles. The molecule has 1 fully saturated rings. The molecule has 0 aromatic carbocycles. The van der Waals surface area contributed by atoms with Gasteiger partial charge in [-0.3, -0.25) is 4.79 Å². The lowest BCUT2D eigenvalue weighted by Crippen LogP contribution is -2.63. The maximum absolute atomic E-state index is 11.9. The lowest BCUT2D eigenvalue weighted by molar-refractivity contribution is -0.141. The van der Waals surface area contributed by atoms with E-state index in [0.717, 1.165) is 6.42 Å². The zero-order valence-electron chi connectivity index (χ0n) is 12.3. The normalized spacial score (nSPS) is 25.6. The molecule has 1 heterocycles. The number of rotatable bonds is 6. The van der Waals surface area contributed by atoms with E-state index < -0.39 is 9.04 Å². The van der Waals surface area contributed by atoms with Crippen LogP contribution in [0.5, 0.6) is 0 Å². The predicted molar refractivity (Wildman–Crippen MR) is 78.0 cm³/mol. The van der Waals surface area contributed by atoms with Gasteiger partial charge in [0.15, 0.2) is 9.04 Å². The third-order valence-electron chi connectivity index (χ3n) is 3.64. The minimum absolute atomic E-state index is 0.0794. The molecule has 3 unspecified atom stereocenters. The summed E-state index contributed by atoms with van der Waals surface area (Å²) in [6.45, 7) is 15.4. The molecule has 0 bridgehead atoms. The van der Waals surface area contributed by atoms with E-state index in [1.54, 1.807) is 0 Å². The zero-order chi connectivity index (χ0) is 13.9. The minimum atomic E-state index is -1.04. The molecule has 0 radical (unpaired) electrons. The second-order valence-electron chi connectivity index (χ2n) is 6.52. The van der Waals surface area contributed by atoms with Crippen LogP contribution in [0.4, 0.5) is 0 Å². The topological polar surface area (TPSA) is 38.3 Å². The van der Waals surface area contributed by atoms with Crippen LogP contribution in [0.3, 0.4) is 0 Å². The van der Waals surface area contributed by atoms with Crippen LogP contribution in [0.25, 0.3) is 0 Å². The van der Waals surface area contributed by atoms with Crippen molar-refractivity contribution in [3.8, 4) is 0 Å². The first-order chi connectivity index (χ1) is 8.27. The first-order valence-corrected chi connectivity index (χ1v) is 9.58. The summed E-state index contributed by atoms with van der Waals surface area (Å²) in [5, 5.41) is 2.98. The van der Waals surface area contributed by atoms with Crippen LogP contribution in [0.1, 0.15) is 27.2 Å². The molecule has 1 aliphatic rings. The van der Waals surface area contributed by atoms with Crippen molar-refractivity contribution in [1.82, 2.24) is 5.32 Å². The quantitative estimate of drug-likeness (QED) is 0.457. The smallest absolute Gasteiger partial charge is 0.225 e. The summed E-state index contributed by atoms with van der Waals surface area (Å²) in [4.78, 5) is 11.9. The van der Waals surface area contributed by atoms with Gasteiger partial charge in [0.2, 0.25) is 5.91 Å². The Bertz CT molecular complexity index is 307. The summed E-state index contributed by atoms with van der Waals surface area (Å²) in [6, 6.07) is 0.247. The highest BCUT2D eigenvalue weighted by Gasteiger charge is 2.47. The van der Waals surface area contributed by atoms with Gasteiger partial charge in [0.25, 0.3) is 0 Å². The molecular formula is C14H27NO2Si. The summed E-state index contributed by atoms with van der Waals surface area (Å²) < 4.78 is 5.90. The van der Waals surface area contributed by atoms with Crippen molar-refractivity contribution in [1.29, 1.82) is 0 Å². The first-order valence-electron chi connectivity index (χ1n) is 6.80. The van der Waals surface area contributed by atoms with Gasteiger partial charge in [-0.25, -0.2) is 0 Å². The zero-order valence-corrected chi connectivity index (χ0v) is 13.5. The van der Waals surface area contributed by atoms with Crippen molar-refractivity contribution in [3.05, 3.63) is 12.7 Å². The van der Waals surface area contributed by atoms with E-state index in [9.17, 15) is 4.79 Å². The Labute approximate surface area is 113 Å². The van der Waals surface area contributed by atoms with Gasteiger partial charge in [-0.1, -0.05) is 26.8 Å². The lowest BCUT2D eigenvalue weighted by Gasteiger charge is -2.46. The Kier molecular flexibility index (Phi) is 5.17. The van der Waals surface area contributed by atoms with Crippen LogP contribution in [0, 0.1) is 17.3 Å². The van der Waals surface area contributed by atoms with Crippen LogP contribution >= 0.6 is 0 Å². The Morgan fingerprint density at radius 3 is 2.50 bits per heavy atom. The number of amides is 1. The highest BCUT2D eigenvalue weighted by molar-refractivity contribution is 6.48. The third-order valence-corrected chi connectivity index (χ3v) is 4.50. The van der Waals surface area contributed by atoms with E-state index in [4.69, 9.17) is 4.43 Å². The molecule has 1 aliphatic heterocycles. The van der Waals surface area contributed by atoms with Crippen LogP contribution in [0.2, 0.25) is 13.1 Å². The predicted octanol–water partition coefficient (Wildman–Crippen LogP) is 2.34. The Hall–Kier alpha value is -0.613. The molecule has 0 aliphatic carbocycles. The second-order valence-corrected chi connectivity index (χ2v) is 8.95. The van der Waals surface area contributed by atoms with E-state index in [2.05, 4.69) is 45.8 Å². The lowest BCUT2D eigenvalue weighted by atomic mass is 9.67. The number of hydrogen-bond acceptors (Lipinski definition) is 2. The number of carbonyl (C=O) groups excluding carboxylic acids is 1. The first kappa shape index (κ1) is 15.4. The number of carbonyl (C=O) groups is 1. The van der Waals surface area contributed by atoms with Crippen LogP contribution in [-0.2, 0) is 9.22 Å². The average Bonchev–Trinajstić information content (AvgIpc) is 2.21. The van der Waals surface area contributed by atoms with Gasteiger partial charge in [-0.2, -0.15) is 0 Å². The summed E-state index contributed by atoms with van der Waals surface area (Å²) in [7, 11) is -1.04. The molecule has 0 saturated carbocycles. The fourth-order valence-electron chi connectivity index (χ4n) is 2.49. The van der Waals surface area contributed by atoms with Gasteiger partial charge in [0.1, 0.15) is 0 Å². The highest BCUT2D eigenvalue weighted by atomic mass is 28.3. The average molecular weight is 269 g/mol. The summed E-state index contributed by atoms with van der Waals surface area (Å²) in [5.74, 6) is 0.539. The summed E-state index contributed by atoms with van der Waals surface area (Å²) >= 11 is 0. The number of β-lactam (4-membered cyclic amide) rings is 1. The van der Waals surface area contributed by atoms with E-state index in [1.165, 1.54) is 0 Å². The molecule has 4 heteroatoms. The monoisotopic (exact) mass is 269 g/mol. The largest absolute Gasteiger partial charge is 0.420 e. The van der Waals surface area contributed by atoms with Gasteiger partial charge in [0.05, 0.1) is 5.92 Å². The van der Waals surface area contributed by atoms with Crippen molar-refractivity contribution in [2.24, 2.45) is 17.3 Å². The van der Waals surface area contributed by atoms with Crippen molar-refractivity contribution in [2.45, 2.75) is 46.3 Å². The maximum Gasteiger partial charge on any atom is 0.225 e. The third kappa shape index (κ3) is 3.69. The molecule has 0 aromatic heterocycles. The van der Waals surface area contributed by atoms with Crippen LogP contribution in [-0.4, -0.2) is 27.6 Å². The molecule has 1 N–H and O–H groups in total. The Morgan fingerprint density at radius 1 is 1.50 bits per heavy atom. The van der Waals surface area contributed by atoms with Crippen molar-refractivity contribution >= 4 is 14.9 Å². The van der Waals surface area contributed by atoms with E-state index >= 15 is 0 Å². The van der Waals surface area contributed by atoms with Crippen molar-refractivity contribution in [3.63, 3.8) is 0 Å². The van der Waals surface area contributed by atoms with Gasteiger partial charge >= 0.3 is 0 Å². The maximum atomic E-state index is 11.9. The van der Waals surface area contributed by atoms with Gasteiger partial charge in [-0.15, -0.1) is 6.58 Å². The van der Waals surface area contributed by atoms with E-state index in [0.29, 0.717) is 6.61 Å². The molecule has 0 spiro atoms. The fourth-order valence-corrected chi connectivity index (χ4v) is 3.08. The van der Waals surface area contributed by atoms with Gasteiger partial charge in [0, 0.05) is 12.6 Å². The number of nitrogens with one attached hydrogen (secondary N) is 1. The van der Waals surface area contributed by atoms with Crippen LogP contribution in [0.15, 0.2) is 12.7 Å². The molecule has 0 aromatic rings. The second kappa shape index (κ2) is 6.02. The van der Waals surface area contributed by atoms with E-state index in [-0.39, 0.29) is 29.2 Å². The summed E-state index contributed by atoms with van der Waals surface area (Å²) in [6.07, 6.45) is 2.73. The molecule has 104 valence electrons. The molecule has 3 atom stereocenters. The molecule has 1 amide bonds. The van der Waals surface area contributed by atoms with Gasteiger partial charge in [-0.05, 0) is 30.8 Å². The summed E-state index contributed by atoms with van der Waals surface area (Å²) in [5.41, 5.74) is 0.0884.